The van der Waals surface area contributed by atoms with E-state index < -0.39 is 0 Å². The van der Waals surface area contributed by atoms with Crippen LogP contribution < -0.4 is 18.9 Å². The molecule has 1 atom stereocenters. The molecule has 127 heavy (non-hydrogen) atoms. The van der Waals surface area contributed by atoms with Crippen molar-refractivity contribution in [3.05, 3.63) is 255 Å². The Morgan fingerprint density at radius 1 is 0.370 bits per heavy atom. The summed E-state index contributed by atoms with van der Waals surface area (Å²) >= 11 is 1.21. The van der Waals surface area contributed by atoms with Crippen LogP contribution in [0, 0.1) is 64.2 Å². The highest BCUT2D eigenvalue weighted by molar-refractivity contribution is 7.00. The van der Waals surface area contributed by atoms with E-state index in [0.717, 1.165) is 246 Å². The number of hydrogen-bond donors (Lipinski definition) is 2. The largest absolute Gasteiger partial charge is 0.494 e. The molecule has 0 fully saturated rings. The molecule has 0 saturated heterocycles. The second kappa shape index (κ2) is 44.0. The molecule has 15 rings (SSSR count). The summed E-state index contributed by atoms with van der Waals surface area (Å²) in [6.45, 7) is 27.1. The summed E-state index contributed by atoms with van der Waals surface area (Å²) in [6.07, 6.45) is 39.1. The van der Waals surface area contributed by atoms with Gasteiger partial charge in [-0.05, 0) is 231 Å². The van der Waals surface area contributed by atoms with Crippen molar-refractivity contribution < 1.29 is 18.9 Å². The summed E-state index contributed by atoms with van der Waals surface area (Å²) in [5.74, 6) is 19.4. The Morgan fingerprint density at radius 2 is 0.858 bits per heavy atom. The zero-order valence-corrected chi connectivity index (χ0v) is 77.7. The first-order valence-electron chi connectivity index (χ1n) is 47.6. The van der Waals surface area contributed by atoms with Crippen LogP contribution >= 0.6 is 11.7 Å². The van der Waals surface area contributed by atoms with Gasteiger partial charge >= 0.3 is 0 Å². The second-order valence-electron chi connectivity index (χ2n) is 35.0. The Kier molecular flexibility index (Phi) is 31.1. The van der Waals surface area contributed by atoms with Gasteiger partial charge in [0.15, 0.2) is 0 Å². The molecule has 8 heterocycles. The molecule has 0 spiro atoms. The molecule has 2 aliphatic heterocycles. The zero-order chi connectivity index (χ0) is 88.0. The average Bonchev–Trinajstić information content (AvgIpc) is 1.60. The summed E-state index contributed by atoms with van der Waals surface area (Å²) in [6, 6.07) is 61.6. The van der Waals surface area contributed by atoms with E-state index in [1.807, 2.05) is 0 Å². The molecule has 652 valence electrons. The van der Waals surface area contributed by atoms with E-state index >= 15 is 0 Å². The van der Waals surface area contributed by atoms with Gasteiger partial charge in [-0.15, -0.1) is 0 Å². The van der Waals surface area contributed by atoms with E-state index in [-0.39, 0.29) is 0 Å². The number of aromatic nitrogens is 7. The van der Waals surface area contributed by atoms with E-state index in [1.165, 1.54) is 123 Å². The summed E-state index contributed by atoms with van der Waals surface area (Å²) < 4.78 is 39.5. The first-order valence-corrected chi connectivity index (χ1v) is 48.3. The first kappa shape index (κ1) is 89.8. The fourth-order valence-corrected chi connectivity index (χ4v) is 18.7. The number of aromatic amines is 2. The molecule has 8 bridgehead atoms. The molecular formula is C115H127N7O4S. The Hall–Kier alpha value is -12.0. The SMILES string of the molecule is CCCCCCCCOc1cccc(C)c1-c1c2nc(c(C#Cc3c(-c4ccc(-c5ccc(OCCCCCC)cc5C)cc4)c(CC(CC)CCCC)c4cc(-c5ccc(C)cc5OCCCCCC)ccn34)c3ccc([nH]3)c(-c3c(C)cccc3OCCCCCCCC)c3nc(c(C#Cc4ccc(-c5ccc(C)cc5)c5nsnc45)c4ccc1[nH]4)C=C3)C=C2. The molecule has 0 radical (unpaired) electrons. The Labute approximate surface area is 758 Å². The maximum atomic E-state index is 7.05. The lowest BCUT2D eigenvalue weighted by molar-refractivity contribution is 0.305. The second-order valence-corrected chi connectivity index (χ2v) is 35.5. The number of aryl methyl sites for hydroxylation is 5. The van der Waals surface area contributed by atoms with Crippen LogP contribution in [0.15, 0.2) is 176 Å². The van der Waals surface area contributed by atoms with Crippen LogP contribution in [-0.4, -0.2) is 59.5 Å². The zero-order valence-electron chi connectivity index (χ0n) is 76.9. The number of nitrogens with one attached hydrogen (secondary N) is 2. The number of unbranched alkanes of at least 4 members (excludes halogenated alkanes) is 17. The third-order valence-corrected chi connectivity index (χ3v) is 25.9. The Morgan fingerprint density at radius 3 is 1.44 bits per heavy atom. The summed E-state index contributed by atoms with van der Waals surface area (Å²) in [5, 5.41) is 0. The summed E-state index contributed by atoms with van der Waals surface area (Å²) in [7, 11) is 0. The maximum absolute atomic E-state index is 7.05. The Balaban J connectivity index is 0.994. The molecule has 11 nitrogen and oxygen atoms in total. The van der Waals surface area contributed by atoms with Crippen molar-refractivity contribution in [2.75, 3.05) is 26.4 Å². The number of H-pyrrole nitrogens is 2. The molecule has 0 saturated carbocycles. The van der Waals surface area contributed by atoms with Crippen LogP contribution in [0.5, 0.6) is 23.0 Å². The van der Waals surface area contributed by atoms with E-state index in [4.69, 9.17) is 37.7 Å². The van der Waals surface area contributed by atoms with Gasteiger partial charge in [-0.3, -0.25) is 0 Å². The number of rotatable bonds is 40. The van der Waals surface area contributed by atoms with Gasteiger partial charge in [0, 0.05) is 56.2 Å². The van der Waals surface area contributed by atoms with E-state index in [0.29, 0.717) is 42.7 Å². The number of hydrogen-bond acceptors (Lipinski definition) is 9. The van der Waals surface area contributed by atoms with Crippen molar-refractivity contribution in [2.45, 2.75) is 237 Å². The topological polar surface area (TPSA) is 124 Å². The van der Waals surface area contributed by atoms with Gasteiger partial charge in [-0.2, -0.15) is 8.75 Å². The smallest absolute Gasteiger partial charge is 0.127 e. The van der Waals surface area contributed by atoms with Gasteiger partial charge < -0.3 is 33.3 Å². The molecule has 13 aromatic rings. The highest BCUT2D eigenvalue weighted by Gasteiger charge is 2.27. The highest BCUT2D eigenvalue weighted by Crippen LogP contribution is 2.45. The number of benzene rings is 7. The van der Waals surface area contributed by atoms with Gasteiger partial charge in [0.2, 0.25) is 0 Å². The normalized spacial score (nSPS) is 12.0. The van der Waals surface area contributed by atoms with Crippen LogP contribution in [0.25, 0.3) is 130 Å². The lowest BCUT2D eigenvalue weighted by Gasteiger charge is -2.17. The van der Waals surface area contributed by atoms with Crippen LogP contribution in [0.3, 0.4) is 0 Å². The number of pyridine rings is 1. The van der Waals surface area contributed by atoms with Crippen LogP contribution in [0.4, 0.5) is 0 Å². The lowest BCUT2D eigenvalue weighted by Crippen LogP contribution is -2.04. The number of nitrogens with zero attached hydrogens (tertiary/aromatic N) is 5. The van der Waals surface area contributed by atoms with E-state index in [1.54, 1.807) is 0 Å². The number of ether oxygens (including phenoxy) is 4. The maximum Gasteiger partial charge on any atom is 0.127 e. The molecular weight excluding hydrogens is 1580 g/mol. The monoisotopic (exact) mass is 1700 g/mol. The molecule has 0 aliphatic carbocycles. The van der Waals surface area contributed by atoms with Crippen molar-refractivity contribution in [1.82, 2.24) is 33.1 Å². The minimum atomic E-state index is 0.416. The first-order chi connectivity index (χ1) is 62.3. The third-order valence-electron chi connectivity index (χ3n) is 25.4. The third kappa shape index (κ3) is 21.5. The molecule has 2 N–H and O–H groups in total. The minimum Gasteiger partial charge on any atom is -0.494 e. The predicted octanol–water partition coefficient (Wildman–Crippen LogP) is 31.4. The van der Waals surface area contributed by atoms with Gasteiger partial charge in [0.25, 0.3) is 0 Å². The van der Waals surface area contributed by atoms with Crippen molar-refractivity contribution in [3.63, 3.8) is 0 Å². The van der Waals surface area contributed by atoms with Gasteiger partial charge in [0.05, 0.1) is 94.2 Å². The molecule has 12 heteroatoms. The van der Waals surface area contributed by atoms with Crippen LogP contribution in [0.1, 0.15) is 274 Å². The highest BCUT2D eigenvalue weighted by atomic mass is 32.1. The van der Waals surface area contributed by atoms with Crippen LogP contribution in [0.2, 0.25) is 0 Å². The molecule has 1 unspecified atom stereocenters. The van der Waals surface area contributed by atoms with E-state index in [2.05, 4.69) is 315 Å². The standard InChI is InChI=1S/C115H127N7O4S/c1-12-18-23-27-29-33-71-124-106-40-35-37-80(9)109(106)112-100-63-59-96(116-100)93(56-52-87-51-55-92(115-114(87)120-127-121-115)85-45-42-78(7)43-46-85)97-60-64-101(117-97)113(110-81(10)38-36-41-107(110)125-72-34-30-28-24-19-13-2)103-66-62-99(119-103)94(98-61-65-102(112)118-98)58-67-104-111(86-49-47-84(48-50-86)90-57-53-89(75-82(90)11)123-70-31-25-20-14-3)95(76-83(17-6)39-22-16-5)105-77-88(68-69-122(104)105)91-54-44-79(8)74-108(91)126-73-32-26-21-15-4/h35-38,40-51,53-55,57,59-66,68-69,74-75,77,83,116,119H,12-34,39,70-73,76H2,1-11H3. The lowest BCUT2D eigenvalue weighted by atomic mass is 9.88. The van der Waals surface area contributed by atoms with Crippen molar-refractivity contribution in [3.8, 4) is 113 Å². The Bertz CT molecular complexity index is 6320. The quantitative estimate of drug-likeness (QED) is 0.0287. The molecule has 2 aliphatic rings. The minimum absolute atomic E-state index is 0.416. The van der Waals surface area contributed by atoms with Crippen molar-refractivity contribution in [2.24, 2.45) is 5.92 Å². The van der Waals surface area contributed by atoms with Crippen molar-refractivity contribution >= 4 is 74.6 Å². The molecule has 0 amide bonds. The molecule has 7 aromatic carbocycles. The average molecular weight is 1700 g/mol. The fourth-order valence-electron chi connectivity index (χ4n) is 18.1. The predicted molar refractivity (Wildman–Crippen MR) is 536 cm³/mol. The van der Waals surface area contributed by atoms with Crippen molar-refractivity contribution in [1.29, 1.82) is 0 Å². The summed E-state index contributed by atoms with van der Waals surface area (Å²) in [4.78, 5) is 19.9. The van der Waals surface area contributed by atoms with Crippen LogP contribution in [-0.2, 0) is 6.42 Å². The van der Waals surface area contributed by atoms with Gasteiger partial charge in [0.1, 0.15) is 39.7 Å². The summed E-state index contributed by atoms with van der Waals surface area (Å²) in [5.41, 5.74) is 31.5. The van der Waals surface area contributed by atoms with Gasteiger partial charge in [-0.25, -0.2) is 9.97 Å². The van der Waals surface area contributed by atoms with Gasteiger partial charge in [-0.1, -0.05) is 290 Å². The van der Waals surface area contributed by atoms with E-state index in [9.17, 15) is 0 Å². The fraction of sp³-hybridized carbons (Fsp3) is 0.357. The number of fused-ring (bicyclic) bond motifs is 10. The molecule has 6 aromatic heterocycles.